The highest BCUT2D eigenvalue weighted by molar-refractivity contribution is 5.76. The van der Waals surface area contributed by atoms with Gasteiger partial charge in [-0.1, -0.05) is 36.4 Å². The molecule has 0 aliphatic heterocycles. The molecule has 0 saturated carbocycles. The number of benzene rings is 2. The van der Waals surface area contributed by atoms with Crippen LogP contribution in [-0.4, -0.2) is 24.1 Å². The number of aromatic hydroxyl groups is 1. The Morgan fingerprint density at radius 2 is 1.50 bits per heavy atom. The van der Waals surface area contributed by atoms with Crippen molar-refractivity contribution in [3.05, 3.63) is 72.1 Å². The van der Waals surface area contributed by atoms with Crippen molar-refractivity contribution in [3.63, 3.8) is 0 Å². The van der Waals surface area contributed by atoms with Crippen LogP contribution in [-0.2, 0) is 24.2 Å². The second kappa shape index (κ2) is 9.73. The van der Waals surface area contributed by atoms with E-state index in [0.29, 0.717) is 18.7 Å². The largest absolute Gasteiger partial charge is 0.508 e. The molecule has 0 bridgehead atoms. The predicted octanol–water partition coefficient (Wildman–Crippen LogP) is 2.61. The molecule has 2 aromatic rings. The topological polar surface area (TPSA) is 61.4 Å². The van der Waals surface area contributed by atoms with Gasteiger partial charge in [0.2, 0.25) is 5.91 Å². The van der Waals surface area contributed by atoms with Gasteiger partial charge in [-0.2, -0.15) is 0 Å². The Morgan fingerprint density at radius 3 is 2.17 bits per heavy atom. The van der Waals surface area contributed by atoms with Gasteiger partial charge < -0.3 is 15.7 Å². The highest BCUT2D eigenvalue weighted by atomic mass is 16.3. The number of hydrogen-bond acceptors (Lipinski definition) is 3. The van der Waals surface area contributed by atoms with Gasteiger partial charge >= 0.3 is 0 Å². The first-order chi connectivity index (χ1) is 11.7. The van der Waals surface area contributed by atoms with Crippen LogP contribution >= 0.6 is 0 Å². The molecule has 4 heteroatoms. The number of hydrogen-bond donors (Lipinski definition) is 3. The van der Waals surface area contributed by atoms with Gasteiger partial charge in [0, 0.05) is 19.5 Å². The van der Waals surface area contributed by atoms with Crippen molar-refractivity contribution >= 4 is 5.91 Å². The van der Waals surface area contributed by atoms with Crippen molar-refractivity contribution < 1.29 is 9.90 Å². The Balaban J connectivity index is 1.68. The highest BCUT2D eigenvalue weighted by Gasteiger charge is 2.01. The van der Waals surface area contributed by atoms with Gasteiger partial charge in [-0.05, 0) is 55.1 Å². The number of aryl methyl sites for hydroxylation is 1. The summed E-state index contributed by atoms with van der Waals surface area (Å²) in [6, 6.07) is 15.7. The molecule has 0 unspecified atom stereocenters. The van der Waals surface area contributed by atoms with Gasteiger partial charge in [-0.3, -0.25) is 4.79 Å². The van der Waals surface area contributed by atoms with E-state index in [1.54, 1.807) is 12.1 Å². The predicted molar refractivity (Wildman–Crippen MR) is 96.6 cm³/mol. The van der Waals surface area contributed by atoms with Crippen LogP contribution in [0.15, 0.2) is 48.5 Å². The third kappa shape index (κ3) is 6.42. The summed E-state index contributed by atoms with van der Waals surface area (Å²) in [6.45, 7) is 5.75. The summed E-state index contributed by atoms with van der Waals surface area (Å²) in [5.74, 6) is 0.348. The minimum Gasteiger partial charge on any atom is -0.508 e. The number of nitrogens with one attached hydrogen (secondary N) is 2. The van der Waals surface area contributed by atoms with Crippen LogP contribution in [0, 0.1) is 6.92 Å². The molecule has 0 fully saturated rings. The fourth-order valence-electron chi connectivity index (χ4n) is 2.44. The van der Waals surface area contributed by atoms with E-state index >= 15 is 0 Å². The summed E-state index contributed by atoms with van der Waals surface area (Å²) in [4.78, 5) is 11.4. The summed E-state index contributed by atoms with van der Waals surface area (Å²) in [5, 5.41) is 15.4. The van der Waals surface area contributed by atoms with E-state index in [0.717, 1.165) is 25.9 Å². The first-order valence-corrected chi connectivity index (χ1v) is 8.30. The molecule has 0 heterocycles. The smallest absolute Gasteiger partial charge is 0.220 e. The first kappa shape index (κ1) is 18.0. The lowest BCUT2D eigenvalue weighted by Gasteiger charge is -2.07. The molecular weight excluding hydrogens is 300 g/mol. The van der Waals surface area contributed by atoms with Crippen molar-refractivity contribution in [2.45, 2.75) is 25.8 Å². The van der Waals surface area contributed by atoms with E-state index in [1.807, 2.05) is 12.1 Å². The molecule has 0 aromatic heterocycles. The fourth-order valence-corrected chi connectivity index (χ4v) is 2.44. The Morgan fingerprint density at radius 1 is 0.917 bits per heavy atom. The van der Waals surface area contributed by atoms with Crippen molar-refractivity contribution in [2.75, 3.05) is 13.1 Å². The normalized spacial score (nSPS) is 10.5. The summed E-state index contributed by atoms with van der Waals surface area (Å²) in [5.41, 5.74) is 3.60. The van der Waals surface area contributed by atoms with Crippen LogP contribution in [0.5, 0.6) is 5.75 Å². The van der Waals surface area contributed by atoms with E-state index in [-0.39, 0.29) is 5.91 Å². The van der Waals surface area contributed by atoms with Gasteiger partial charge in [0.05, 0.1) is 0 Å². The zero-order chi connectivity index (χ0) is 17.2. The lowest BCUT2D eigenvalue weighted by Crippen LogP contribution is -2.22. The molecule has 3 N–H and O–H groups in total. The molecule has 1 radical (unpaired) electrons. The van der Waals surface area contributed by atoms with Crippen LogP contribution in [0.3, 0.4) is 0 Å². The van der Waals surface area contributed by atoms with Gasteiger partial charge in [-0.25, -0.2) is 0 Å². The van der Waals surface area contributed by atoms with E-state index in [1.165, 1.54) is 16.7 Å². The first-order valence-electron chi connectivity index (χ1n) is 8.30. The number of carbonyl (C=O) groups excluding carboxylic acids is 1. The number of phenolic OH excluding ortho intramolecular Hbond substituents is 1. The standard InChI is InChI=1S/C20H25N2O2/c1-2-22-20(24)12-9-16-3-5-18(6-4-16)15-21-14-13-17-7-10-19(23)11-8-17/h3-8,10-11,21,23H,1-2,9,12-15H2,(H,22,24). The average Bonchev–Trinajstić information content (AvgIpc) is 2.60. The van der Waals surface area contributed by atoms with Gasteiger partial charge in [0.1, 0.15) is 5.75 Å². The second-order valence-corrected chi connectivity index (χ2v) is 5.76. The van der Waals surface area contributed by atoms with Gasteiger partial charge in [-0.15, -0.1) is 0 Å². The van der Waals surface area contributed by atoms with E-state index in [4.69, 9.17) is 0 Å². The number of amides is 1. The molecule has 0 aliphatic rings. The molecule has 2 aromatic carbocycles. The van der Waals surface area contributed by atoms with Crippen LogP contribution < -0.4 is 10.6 Å². The van der Waals surface area contributed by atoms with E-state index in [9.17, 15) is 9.90 Å². The number of phenols is 1. The van der Waals surface area contributed by atoms with Crippen LogP contribution in [0.1, 0.15) is 23.1 Å². The van der Waals surface area contributed by atoms with Crippen molar-refractivity contribution in [1.82, 2.24) is 10.6 Å². The quantitative estimate of drug-likeness (QED) is 0.621. The Bertz CT molecular complexity index is 621. The molecule has 24 heavy (non-hydrogen) atoms. The molecule has 2 rings (SSSR count). The zero-order valence-electron chi connectivity index (χ0n) is 13.9. The SMILES string of the molecule is [CH2]CNC(=O)CCc1ccc(CNCCc2ccc(O)cc2)cc1. The highest BCUT2D eigenvalue weighted by Crippen LogP contribution is 2.10. The molecule has 0 aliphatic carbocycles. The fraction of sp³-hybridized carbons (Fsp3) is 0.300. The number of carbonyl (C=O) groups is 1. The molecule has 4 nitrogen and oxygen atoms in total. The second-order valence-electron chi connectivity index (χ2n) is 5.76. The van der Waals surface area contributed by atoms with Crippen LogP contribution in [0.2, 0.25) is 0 Å². The maximum Gasteiger partial charge on any atom is 0.220 e. The maximum absolute atomic E-state index is 11.4. The Kier molecular flexibility index (Phi) is 7.30. The van der Waals surface area contributed by atoms with Crippen LogP contribution in [0.4, 0.5) is 0 Å². The summed E-state index contributed by atoms with van der Waals surface area (Å²) >= 11 is 0. The minimum absolute atomic E-state index is 0.0463. The van der Waals surface area contributed by atoms with Gasteiger partial charge in [0.25, 0.3) is 0 Å². The third-order valence-corrected chi connectivity index (χ3v) is 3.84. The van der Waals surface area contributed by atoms with E-state index < -0.39 is 0 Å². The Hall–Kier alpha value is -2.33. The summed E-state index contributed by atoms with van der Waals surface area (Å²) < 4.78 is 0. The zero-order valence-corrected chi connectivity index (χ0v) is 13.9. The van der Waals surface area contributed by atoms with Crippen molar-refractivity contribution in [1.29, 1.82) is 0 Å². The minimum atomic E-state index is 0.0463. The monoisotopic (exact) mass is 325 g/mol. The Labute approximate surface area is 143 Å². The summed E-state index contributed by atoms with van der Waals surface area (Å²) in [6.07, 6.45) is 2.18. The lowest BCUT2D eigenvalue weighted by molar-refractivity contribution is -0.120. The summed E-state index contributed by atoms with van der Waals surface area (Å²) in [7, 11) is 0. The molecule has 0 atom stereocenters. The van der Waals surface area contributed by atoms with Gasteiger partial charge in [0.15, 0.2) is 0 Å². The van der Waals surface area contributed by atoms with Crippen molar-refractivity contribution in [3.8, 4) is 5.75 Å². The average molecular weight is 325 g/mol. The lowest BCUT2D eigenvalue weighted by atomic mass is 10.1. The van der Waals surface area contributed by atoms with E-state index in [2.05, 4.69) is 41.8 Å². The number of rotatable bonds is 9. The molecule has 0 spiro atoms. The third-order valence-electron chi connectivity index (χ3n) is 3.84. The molecule has 1 amide bonds. The van der Waals surface area contributed by atoms with Crippen molar-refractivity contribution in [2.24, 2.45) is 0 Å². The maximum atomic E-state index is 11.4. The molecule has 0 saturated heterocycles. The van der Waals surface area contributed by atoms with Crippen LogP contribution in [0.25, 0.3) is 0 Å². The molecular formula is C20H25N2O2. The molecule has 127 valence electrons.